The monoisotopic (exact) mass is 452 g/mol. The highest BCUT2D eigenvalue weighted by molar-refractivity contribution is 6.30. The minimum absolute atomic E-state index is 0.195. The molecule has 0 aliphatic rings. The summed E-state index contributed by atoms with van der Waals surface area (Å²) in [5, 5.41) is 9.37. The largest absolute Gasteiger partial charge is 0.345 e. The average Bonchev–Trinajstić information content (AvgIpc) is 3.16. The second-order valence-electron chi connectivity index (χ2n) is 8.91. The molecule has 0 saturated carbocycles. The Hall–Kier alpha value is -3.12. The van der Waals surface area contributed by atoms with Crippen molar-refractivity contribution in [2.75, 3.05) is 11.9 Å². The summed E-state index contributed by atoms with van der Waals surface area (Å²) >= 11 is 6.23. The summed E-state index contributed by atoms with van der Waals surface area (Å²) in [6.45, 7) is 10.0. The lowest BCUT2D eigenvalue weighted by Crippen LogP contribution is -2.35. The number of hydrogen-bond donors (Lipinski definition) is 2. The third-order valence-electron chi connectivity index (χ3n) is 5.07. The minimum Gasteiger partial charge on any atom is -0.345 e. The molecule has 1 unspecified atom stereocenters. The number of halogens is 1. The van der Waals surface area contributed by atoms with Crippen molar-refractivity contribution in [3.8, 4) is 5.69 Å². The lowest BCUT2D eigenvalue weighted by molar-refractivity contribution is -0.124. The Morgan fingerprint density at radius 1 is 1.06 bits per heavy atom. The maximum absolute atomic E-state index is 12.6. The van der Waals surface area contributed by atoms with Crippen LogP contribution in [0.5, 0.6) is 0 Å². The zero-order valence-electron chi connectivity index (χ0n) is 19.1. The maximum atomic E-state index is 12.6. The van der Waals surface area contributed by atoms with Crippen LogP contribution in [0.15, 0.2) is 54.6 Å². The molecule has 3 aromatic rings. The Balaban J connectivity index is 1.76. The number of anilines is 1. The van der Waals surface area contributed by atoms with Gasteiger partial charge in [0.25, 0.3) is 0 Å². The Labute approximate surface area is 194 Å². The summed E-state index contributed by atoms with van der Waals surface area (Å²) in [6, 6.07) is 17.0. The number of amides is 2. The first-order chi connectivity index (χ1) is 15.1. The number of nitrogens with zero attached hydrogens (tertiary/aromatic N) is 2. The predicted octanol–water partition coefficient (Wildman–Crippen LogP) is 4.82. The average molecular weight is 453 g/mol. The molecule has 0 spiro atoms. The van der Waals surface area contributed by atoms with E-state index in [0.29, 0.717) is 11.4 Å². The standard InChI is InChI=1S/C25H29ClN4O2/c1-16-11-12-19(17(2)13-16)30-21(14-20(29-30)25(3,4)5)28-22(31)15-27-24(32)23(26)18-9-7-6-8-10-18/h6-14,23H,15H2,1-5H3,(H,27,32)(H,28,31). The van der Waals surface area contributed by atoms with E-state index in [1.165, 1.54) is 0 Å². The Kier molecular flexibility index (Phi) is 7.04. The smallest absolute Gasteiger partial charge is 0.244 e. The molecule has 1 atom stereocenters. The second-order valence-corrected chi connectivity index (χ2v) is 9.34. The van der Waals surface area contributed by atoms with Gasteiger partial charge in [0.05, 0.1) is 17.9 Å². The van der Waals surface area contributed by atoms with E-state index in [4.69, 9.17) is 16.7 Å². The number of alkyl halides is 1. The lowest BCUT2D eigenvalue weighted by atomic mass is 9.92. The molecule has 0 saturated heterocycles. The van der Waals surface area contributed by atoms with Crippen molar-refractivity contribution in [1.29, 1.82) is 0 Å². The van der Waals surface area contributed by atoms with E-state index in [9.17, 15) is 9.59 Å². The molecule has 6 nitrogen and oxygen atoms in total. The van der Waals surface area contributed by atoms with E-state index in [1.54, 1.807) is 16.8 Å². The molecule has 0 aliphatic heterocycles. The first-order valence-corrected chi connectivity index (χ1v) is 10.9. The summed E-state index contributed by atoms with van der Waals surface area (Å²) < 4.78 is 1.74. The number of hydrogen-bond acceptors (Lipinski definition) is 3. The lowest BCUT2D eigenvalue weighted by Gasteiger charge is -2.14. The van der Waals surface area contributed by atoms with Gasteiger partial charge in [0.2, 0.25) is 11.8 Å². The molecular formula is C25H29ClN4O2. The van der Waals surface area contributed by atoms with E-state index in [-0.39, 0.29) is 17.9 Å². The van der Waals surface area contributed by atoms with Crippen LogP contribution in [-0.4, -0.2) is 28.1 Å². The van der Waals surface area contributed by atoms with E-state index >= 15 is 0 Å². The van der Waals surface area contributed by atoms with Crippen LogP contribution in [0.1, 0.15) is 48.5 Å². The summed E-state index contributed by atoms with van der Waals surface area (Å²) in [5.74, 6) is -0.237. The van der Waals surface area contributed by atoms with Gasteiger partial charge in [-0.15, -0.1) is 11.6 Å². The summed E-state index contributed by atoms with van der Waals surface area (Å²) in [5.41, 5.74) is 4.41. The molecule has 0 aliphatic carbocycles. The van der Waals surface area contributed by atoms with Gasteiger partial charge in [-0.2, -0.15) is 5.10 Å². The molecular weight excluding hydrogens is 424 g/mol. The first-order valence-electron chi connectivity index (χ1n) is 10.5. The van der Waals surface area contributed by atoms with Crippen LogP contribution in [0.2, 0.25) is 0 Å². The van der Waals surface area contributed by atoms with Gasteiger partial charge in [-0.25, -0.2) is 4.68 Å². The van der Waals surface area contributed by atoms with Crippen LogP contribution in [0, 0.1) is 13.8 Å². The summed E-state index contributed by atoms with van der Waals surface area (Å²) in [7, 11) is 0. The Morgan fingerprint density at radius 2 is 1.75 bits per heavy atom. The van der Waals surface area contributed by atoms with Crippen molar-refractivity contribution in [2.45, 2.75) is 45.4 Å². The molecule has 2 aromatic carbocycles. The maximum Gasteiger partial charge on any atom is 0.244 e. The fraction of sp³-hybridized carbons (Fsp3) is 0.320. The molecule has 0 bridgehead atoms. The second kappa shape index (κ2) is 9.57. The molecule has 3 rings (SSSR count). The van der Waals surface area contributed by atoms with Gasteiger partial charge in [0, 0.05) is 11.5 Å². The van der Waals surface area contributed by atoms with E-state index < -0.39 is 11.3 Å². The highest BCUT2D eigenvalue weighted by Gasteiger charge is 2.23. The molecule has 168 valence electrons. The van der Waals surface area contributed by atoms with Gasteiger partial charge in [-0.05, 0) is 31.0 Å². The van der Waals surface area contributed by atoms with E-state index in [1.807, 2.05) is 50.2 Å². The van der Waals surface area contributed by atoms with Crippen molar-refractivity contribution >= 4 is 29.2 Å². The summed E-state index contributed by atoms with van der Waals surface area (Å²) in [6.07, 6.45) is 0. The molecule has 1 aromatic heterocycles. The fourth-order valence-electron chi connectivity index (χ4n) is 3.28. The van der Waals surface area contributed by atoms with Crippen molar-refractivity contribution in [3.05, 3.63) is 77.0 Å². The van der Waals surface area contributed by atoms with Crippen molar-refractivity contribution in [1.82, 2.24) is 15.1 Å². The van der Waals surface area contributed by atoms with Gasteiger partial charge >= 0.3 is 0 Å². The Bertz CT molecular complexity index is 1120. The van der Waals surface area contributed by atoms with Crippen LogP contribution >= 0.6 is 11.6 Å². The Morgan fingerprint density at radius 3 is 2.38 bits per heavy atom. The summed E-state index contributed by atoms with van der Waals surface area (Å²) in [4.78, 5) is 25.0. The topological polar surface area (TPSA) is 76.0 Å². The first kappa shape index (κ1) is 23.5. The molecule has 2 amide bonds. The number of nitrogens with one attached hydrogen (secondary N) is 2. The molecule has 1 heterocycles. The third-order valence-corrected chi connectivity index (χ3v) is 5.52. The highest BCUT2D eigenvalue weighted by atomic mass is 35.5. The van der Waals surface area contributed by atoms with Gasteiger partial charge < -0.3 is 10.6 Å². The van der Waals surface area contributed by atoms with Crippen molar-refractivity contribution < 1.29 is 9.59 Å². The van der Waals surface area contributed by atoms with Crippen LogP contribution in [0.25, 0.3) is 5.69 Å². The number of aryl methyl sites for hydroxylation is 2. The predicted molar refractivity (Wildman–Crippen MR) is 128 cm³/mol. The zero-order chi connectivity index (χ0) is 23.5. The highest BCUT2D eigenvalue weighted by Crippen LogP contribution is 2.28. The number of carbonyl (C=O) groups is 2. The van der Waals surface area contributed by atoms with E-state index in [0.717, 1.165) is 22.5 Å². The van der Waals surface area contributed by atoms with Crippen LogP contribution < -0.4 is 10.6 Å². The SMILES string of the molecule is Cc1ccc(-n2nc(C(C)(C)C)cc2NC(=O)CNC(=O)C(Cl)c2ccccc2)c(C)c1. The molecule has 0 radical (unpaired) electrons. The van der Waals surface area contributed by atoms with E-state index in [2.05, 4.69) is 37.5 Å². The van der Waals surface area contributed by atoms with Gasteiger partial charge in [-0.1, -0.05) is 68.8 Å². The van der Waals surface area contributed by atoms with Gasteiger partial charge in [-0.3, -0.25) is 9.59 Å². The quantitative estimate of drug-likeness (QED) is 0.526. The van der Waals surface area contributed by atoms with Crippen molar-refractivity contribution in [3.63, 3.8) is 0 Å². The molecule has 7 heteroatoms. The van der Waals surface area contributed by atoms with Gasteiger partial charge in [0.1, 0.15) is 11.2 Å². The third kappa shape index (κ3) is 5.56. The molecule has 2 N–H and O–H groups in total. The van der Waals surface area contributed by atoms with Crippen LogP contribution in [-0.2, 0) is 15.0 Å². The van der Waals surface area contributed by atoms with Crippen LogP contribution in [0.4, 0.5) is 5.82 Å². The number of carbonyl (C=O) groups excluding carboxylic acids is 2. The number of benzene rings is 2. The van der Waals surface area contributed by atoms with Gasteiger partial charge in [0.15, 0.2) is 0 Å². The van der Waals surface area contributed by atoms with Crippen LogP contribution in [0.3, 0.4) is 0 Å². The number of rotatable bonds is 6. The minimum atomic E-state index is -0.864. The molecule has 32 heavy (non-hydrogen) atoms. The zero-order valence-corrected chi connectivity index (χ0v) is 19.8. The normalized spacial score (nSPS) is 12.3. The number of aromatic nitrogens is 2. The fourth-order valence-corrected chi connectivity index (χ4v) is 3.50. The van der Waals surface area contributed by atoms with Crippen molar-refractivity contribution in [2.24, 2.45) is 0 Å². The molecule has 0 fully saturated rings.